The van der Waals surface area contributed by atoms with Gasteiger partial charge in [0.2, 0.25) is 17.7 Å². The number of aromatic amines is 1. The Labute approximate surface area is 229 Å². The Morgan fingerprint density at radius 1 is 1.10 bits per heavy atom. The molecule has 0 saturated carbocycles. The summed E-state index contributed by atoms with van der Waals surface area (Å²) in [6, 6.07) is 7.94. The topological polar surface area (TPSA) is 158 Å². The highest BCUT2D eigenvalue weighted by molar-refractivity contribution is 5.90. The second kappa shape index (κ2) is 15.5. The average Bonchev–Trinajstić information content (AvgIpc) is 3.41. The Hall–Kier alpha value is -3.93. The molecule has 214 valence electrons. The first-order chi connectivity index (χ1) is 18.5. The molecule has 0 fully saturated rings. The lowest BCUT2D eigenvalue weighted by molar-refractivity contribution is -0.134. The molecular formula is C27H41N7O5. The zero-order valence-electron chi connectivity index (χ0n) is 23.4. The van der Waals surface area contributed by atoms with Gasteiger partial charge in [-0.3, -0.25) is 19.8 Å². The number of hydrogen-bond donors (Lipinski definition) is 5. The highest BCUT2D eigenvalue weighted by Crippen LogP contribution is 2.15. The van der Waals surface area contributed by atoms with E-state index in [1.165, 1.54) is 7.05 Å². The van der Waals surface area contributed by atoms with Crippen LogP contribution in [-0.4, -0.2) is 76.6 Å². The normalized spacial score (nSPS) is 12.6. The van der Waals surface area contributed by atoms with Crippen molar-refractivity contribution in [3.8, 4) is 0 Å². The van der Waals surface area contributed by atoms with Gasteiger partial charge in [0.05, 0.1) is 12.9 Å². The van der Waals surface area contributed by atoms with Gasteiger partial charge in [0.1, 0.15) is 11.6 Å². The number of nitrogens with one attached hydrogen (secondary N) is 5. The predicted molar refractivity (Wildman–Crippen MR) is 146 cm³/mol. The molecule has 12 heteroatoms. The second-order valence-electron chi connectivity index (χ2n) is 10.2. The van der Waals surface area contributed by atoms with Crippen LogP contribution in [0.1, 0.15) is 51.8 Å². The van der Waals surface area contributed by atoms with Gasteiger partial charge in [0, 0.05) is 50.8 Å². The van der Waals surface area contributed by atoms with Crippen molar-refractivity contribution in [1.29, 1.82) is 0 Å². The quantitative estimate of drug-likeness (QED) is 0.239. The largest absolute Gasteiger partial charge is 0.442 e. The molecule has 1 aromatic carbocycles. The first kappa shape index (κ1) is 31.3. The Bertz CT molecular complexity index is 1050. The van der Waals surface area contributed by atoms with Crippen LogP contribution in [0, 0.1) is 0 Å². The van der Waals surface area contributed by atoms with Gasteiger partial charge in [0.25, 0.3) is 0 Å². The third-order valence-electron chi connectivity index (χ3n) is 5.67. The molecule has 0 spiro atoms. The predicted octanol–water partition coefficient (Wildman–Crippen LogP) is 1.45. The van der Waals surface area contributed by atoms with E-state index in [1.54, 1.807) is 33.3 Å². The maximum absolute atomic E-state index is 13.2. The third-order valence-corrected chi connectivity index (χ3v) is 5.67. The van der Waals surface area contributed by atoms with Crippen molar-refractivity contribution in [3.05, 3.63) is 54.1 Å². The van der Waals surface area contributed by atoms with Crippen LogP contribution in [-0.2, 0) is 32.0 Å². The molecule has 0 bridgehead atoms. The minimum absolute atomic E-state index is 0.0321. The number of carbonyl (C=O) groups excluding carboxylic acids is 4. The lowest BCUT2D eigenvalue weighted by Gasteiger charge is -2.33. The summed E-state index contributed by atoms with van der Waals surface area (Å²) in [5, 5.41) is 9.26. The summed E-state index contributed by atoms with van der Waals surface area (Å²) in [4.78, 5) is 58.2. The van der Waals surface area contributed by atoms with Gasteiger partial charge in [-0.1, -0.05) is 30.3 Å². The van der Waals surface area contributed by atoms with E-state index in [0.717, 1.165) is 22.7 Å². The lowest BCUT2D eigenvalue weighted by atomic mass is 10.0. The smallest absolute Gasteiger partial charge is 0.429 e. The van der Waals surface area contributed by atoms with Crippen molar-refractivity contribution in [2.75, 3.05) is 20.1 Å². The number of hydrazine groups is 1. The molecule has 0 saturated heterocycles. The second-order valence-corrected chi connectivity index (χ2v) is 10.2. The lowest BCUT2D eigenvalue weighted by Crippen LogP contribution is -2.59. The standard InChI is InChI=1S/C27H41N7O5/c1-19(30-14-13-21-16-29-18-32-21)11-12-23(35)33-34(26(38)39-27(2,3)4)22(15-20-9-7-6-8-10-20)25(37)31-17-24(36)28-5/h6-10,16,18-19,22,30H,11-15,17H2,1-5H3,(H,28,36)(H,29,32)(H,31,37)(H,33,35). The molecule has 4 amide bonds. The van der Waals surface area contributed by atoms with Crippen LogP contribution in [0.2, 0.25) is 0 Å². The Morgan fingerprint density at radius 3 is 2.44 bits per heavy atom. The van der Waals surface area contributed by atoms with E-state index in [9.17, 15) is 19.2 Å². The van der Waals surface area contributed by atoms with Crippen LogP contribution in [0.4, 0.5) is 4.79 Å². The van der Waals surface area contributed by atoms with Gasteiger partial charge in [-0.25, -0.2) is 14.8 Å². The zero-order valence-corrected chi connectivity index (χ0v) is 23.4. The first-order valence-electron chi connectivity index (χ1n) is 13.0. The van der Waals surface area contributed by atoms with E-state index >= 15 is 0 Å². The summed E-state index contributed by atoms with van der Waals surface area (Å²) in [7, 11) is 1.45. The molecule has 12 nitrogen and oxygen atoms in total. The van der Waals surface area contributed by atoms with E-state index in [1.807, 2.05) is 37.3 Å². The molecule has 39 heavy (non-hydrogen) atoms. The minimum Gasteiger partial charge on any atom is -0.442 e. The van der Waals surface area contributed by atoms with Gasteiger partial charge < -0.3 is 25.7 Å². The minimum atomic E-state index is -1.17. The molecule has 2 unspecified atom stereocenters. The molecule has 0 aliphatic rings. The molecule has 2 rings (SSSR count). The number of ether oxygens (including phenoxy) is 1. The first-order valence-corrected chi connectivity index (χ1v) is 13.0. The highest BCUT2D eigenvalue weighted by Gasteiger charge is 2.35. The number of imidazole rings is 1. The summed E-state index contributed by atoms with van der Waals surface area (Å²) in [6.07, 6.45) is 3.99. The Kier molecular flexibility index (Phi) is 12.4. The van der Waals surface area contributed by atoms with Crippen molar-refractivity contribution in [1.82, 2.24) is 36.4 Å². The highest BCUT2D eigenvalue weighted by atomic mass is 16.6. The number of H-pyrrole nitrogens is 1. The number of nitrogens with zero attached hydrogens (tertiary/aromatic N) is 2. The number of benzene rings is 1. The number of likely N-dealkylation sites (N-methyl/N-ethyl adjacent to an activating group) is 1. The molecule has 1 aromatic heterocycles. The van der Waals surface area contributed by atoms with Crippen molar-refractivity contribution in [2.45, 2.75) is 71.1 Å². The van der Waals surface area contributed by atoms with Crippen LogP contribution in [0.5, 0.6) is 0 Å². The molecule has 2 aromatic rings. The van der Waals surface area contributed by atoms with Crippen molar-refractivity contribution in [3.63, 3.8) is 0 Å². The summed E-state index contributed by atoms with van der Waals surface area (Å²) < 4.78 is 5.52. The van der Waals surface area contributed by atoms with Crippen molar-refractivity contribution in [2.24, 2.45) is 0 Å². The van der Waals surface area contributed by atoms with Gasteiger partial charge in [0.15, 0.2) is 0 Å². The molecule has 0 aliphatic carbocycles. The average molecular weight is 544 g/mol. The van der Waals surface area contributed by atoms with Crippen molar-refractivity contribution >= 4 is 23.8 Å². The summed E-state index contributed by atoms with van der Waals surface area (Å²) in [5.41, 5.74) is 3.49. The Balaban J connectivity index is 2.13. The fraction of sp³-hybridized carbons (Fsp3) is 0.519. The molecular weight excluding hydrogens is 502 g/mol. The number of rotatable bonds is 13. The van der Waals surface area contributed by atoms with Gasteiger partial charge >= 0.3 is 6.09 Å². The van der Waals surface area contributed by atoms with Crippen LogP contribution < -0.4 is 21.4 Å². The maximum atomic E-state index is 13.2. The van der Waals surface area contributed by atoms with Crippen molar-refractivity contribution < 1.29 is 23.9 Å². The van der Waals surface area contributed by atoms with Crippen LogP contribution in [0.3, 0.4) is 0 Å². The SMILES string of the molecule is CNC(=O)CNC(=O)C(Cc1ccccc1)N(NC(=O)CCC(C)NCCc1cnc[nH]1)C(=O)OC(C)(C)C. The van der Waals surface area contributed by atoms with Gasteiger partial charge in [-0.05, 0) is 39.7 Å². The zero-order chi connectivity index (χ0) is 28.8. The molecule has 1 heterocycles. The van der Waals surface area contributed by atoms with Crippen LogP contribution in [0.25, 0.3) is 0 Å². The fourth-order valence-electron chi connectivity index (χ4n) is 3.59. The van der Waals surface area contributed by atoms with E-state index in [0.29, 0.717) is 13.0 Å². The van der Waals surface area contributed by atoms with Gasteiger partial charge in [-0.15, -0.1) is 0 Å². The number of aromatic nitrogens is 2. The monoisotopic (exact) mass is 543 g/mol. The van der Waals surface area contributed by atoms with Crippen LogP contribution >= 0.6 is 0 Å². The number of amides is 4. The van der Waals surface area contributed by atoms with E-state index in [4.69, 9.17) is 4.74 Å². The molecule has 0 radical (unpaired) electrons. The van der Waals surface area contributed by atoms with Crippen LogP contribution in [0.15, 0.2) is 42.9 Å². The maximum Gasteiger partial charge on any atom is 0.429 e. The fourth-order valence-corrected chi connectivity index (χ4v) is 3.59. The summed E-state index contributed by atoms with van der Waals surface area (Å²) >= 11 is 0. The van der Waals surface area contributed by atoms with Gasteiger partial charge in [-0.2, -0.15) is 0 Å². The summed E-state index contributed by atoms with van der Waals surface area (Å²) in [5.74, 6) is -1.45. The third kappa shape index (κ3) is 12.0. The van der Waals surface area contributed by atoms with E-state index < -0.39 is 35.5 Å². The summed E-state index contributed by atoms with van der Waals surface area (Å²) in [6.45, 7) is 7.48. The molecule has 5 N–H and O–H groups in total. The van der Waals surface area contributed by atoms with E-state index in [-0.39, 0.29) is 25.4 Å². The number of carbonyl (C=O) groups is 4. The molecule has 0 aliphatic heterocycles. The van der Waals surface area contributed by atoms with E-state index in [2.05, 4.69) is 31.3 Å². The molecule has 2 atom stereocenters. The Morgan fingerprint density at radius 2 is 1.82 bits per heavy atom. The number of hydrogen-bond acceptors (Lipinski definition) is 7.